The van der Waals surface area contributed by atoms with Crippen molar-refractivity contribution in [1.82, 2.24) is 15.0 Å². The van der Waals surface area contributed by atoms with Gasteiger partial charge in [0.15, 0.2) is 0 Å². The molecule has 0 aliphatic heterocycles. The molecule has 0 aliphatic carbocycles. The maximum atomic E-state index is 4.33. The highest BCUT2D eigenvalue weighted by molar-refractivity contribution is 7.11. The van der Waals surface area contributed by atoms with Crippen molar-refractivity contribution in [2.45, 2.75) is 27.2 Å². The van der Waals surface area contributed by atoms with Crippen LogP contribution < -0.4 is 5.32 Å². The van der Waals surface area contributed by atoms with Crippen molar-refractivity contribution < 1.29 is 0 Å². The van der Waals surface area contributed by atoms with Crippen molar-refractivity contribution in [3.05, 3.63) is 33.5 Å². The fourth-order valence-electron chi connectivity index (χ4n) is 1.60. The molecule has 0 spiro atoms. The predicted molar refractivity (Wildman–Crippen MR) is 70.6 cm³/mol. The Labute approximate surface area is 105 Å². The van der Waals surface area contributed by atoms with E-state index in [9.17, 15) is 0 Å². The van der Waals surface area contributed by atoms with E-state index in [1.165, 1.54) is 4.88 Å². The third-order valence-electron chi connectivity index (χ3n) is 2.27. The molecule has 90 valence electrons. The van der Waals surface area contributed by atoms with Crippen molar-refractivity contribution in [3.63, 3.8) is 0 Å². The van der Waals surface area contributed by atoms with E-state index in [1.54, 1.807) is 11.3 Å². The molecule has 0 saturated heterocycles. The predicted octanol–water partition coefficient (Wildman–Crippen LogP) is 2.51. The smallest absolute Gasteiger partial charge is 0.223 e. The van der Waals surface area contributed by atoms with E-state index in [0.717, 1.165) is 29.4 Å². The standard InChI is InChI=1S/C12H16N4S/c1-8-6-9(2)16-12(15-8)13-5-4-11-14-7-10(3)17-11/h6-7H,4-5H2,1-3H3,(H,13,15,16). The summed E-state index contributed by atoms with van der Waals surface area (Å²) in [4.78, 5) is 14.2. The maximum Gasteiger partial charge on any atom is 0.223 e. The molecule has 0 saturated carbocycles. The van der Waals surface area contributed by atoms with Crippen LogP contribution in [0.1, 0.15) is 21.3 Å². The SMILES string of the molecule is Cc1cc(C)nc(NCCc2ncc(C)s2)n1. The second kappa shape index (κ2) is 5.23. The van der Waals surface area contributed by atoms with E-state index in [2.05, 4.69) is 27.2 Å². The Morgan fingerprint density at radius 1 is 1.18 bits per heavy atom. The summed E-state index contributed by atoms with van der Waals surface area (Å²) in [6.45, 7) is 6.84. The molecule has 0 amide bonds. The van der Waals surface area contributed by atoms with Crippen LogP contribution >= 0.6 is 11.3 Å². The average molecular weight is 248 g/mol. The highest BCUT2D eigenvalue weighted by Gasteiger charge is 2.01. The molecule has 5 heteroatoms. The molecule has 4 nitrogen and oxygen atoms in total. The topological polar surface area (TPSA) is 50.7 Å². The summed E-state index contributed by atoms with van der Waals surface area (Å²) in [5.41, 5.74) is 1.98. The van der Waals surface area contributed by atoms with Gasteiger partial charge in [-0.1, -0.05) is 0 Å². The van der Waals surface area contributed by atoms with Gasteiger partial charge in [0.1, 0.15) is 0 Å². The van der Waals surface area contributed by atoms with Gasteiger partial charge in [-0.3, -0.25) is 0 Å². The van der Waals surface area contributed by atoms with Crippen LogP contribution in [0.15, 0.2) is 12.3 Å². The molecule has 0 atom stereocenters. The monoisotopic (exact) mass is 248 g/mol. The lowest BCUT2D eigenvalue weighted by molar-refractivity contribution is 0.952. The number of thiazole rings is 1. The van der Waals surface area contributed by atoms with Gasteiger partial charge >= 0.3 is 0 Å². The van der Waals surface area contributed by atoms with Crippen LogP contribution in [-0.2, 0) is 6.42 Å². The largest absolute Gasteiger partial charge is 0.354 e. The van der Waals surface area contributed by atoms with E-state index in [1.807, 2.05) is 26.1 Å². The molecule has 17 heavy (non-hydrogen) atoms. The Morgan fingerprint density at radius 3 is 2.47 bits per heavy atom. The lowest BCUT2D eigenvalue weighted by Crippen LogP contribution is -2.08. The molecule has 0 bridgehead atoms. The molecule has 2 aromatic heterocycles. The lowest BCUT2D eigenvalue weighted by Gasteiger charge is -2.05. The molecule has 1 N–H and O–H groups in total. The summed E-state index contributed by atoms with van der Waals surface area (Å²) < 4.78 is 0. The van der Waals surface area contributed by atoms with Crippen LogP contribution in [0.2, 0.25) is 0 Å². The zero-order chi connectivity index (χ0) is 12.3. The third-order valence-corrected chi connectivity index (χ3v) is 3.25. The highest BCUT2D eigenvalue weighted by Crippen LogP contribution is 2.11. The average Bonchev–Trinajstić information content (AvgIpc) is 2.63. The summed E-state index contributed by atoms with van der Waals surface area (Å²) in [6.07, 6.45) is 2.82. The second-order valence-electron chi connectivity index (χ2n) is 4.02. The first kappa shape index (κ1) is 12.0. The van der Waals surface area contributed by atoms with E-state index >= 15 is 0 Å². The zero-order valence-corrected chi connectivity index (χ0v) is 11.1. The minimum atomic E-state index is 0.704. The number of anilines is 1. The van der Waals surface area contributed by atoms with Crippen molar-refractivity contribution >= 4 is 17.3 Å². The number of aromatic nitrogens is 3. The minimum Gasteiger partial charge on any atom is -0.354 e. The van der Waals surface area contributed by atoms with E-state index in [4.69, 9.17) is 0 Å². The van der Waals surface area contributed by atoms with E-state index in [0.29, 0.717) is 5.95 Å². The van der Waals surface area contributed by atoms with Crippen LogP contribution in [0.25, 0.3) is 0 Å². The number of nitrogens with one attached hydrogen (secondary N) is 1. The van der Waals surface area contributed by atoms with Gasteiger partial charge in [-0.2, -0.15) is 0 Å². The van der Waals surface area contributed by atoms with Gasteiger partial charge in [0.25, 0.3) is 0 Å². The van der Waals surface area contributed by atoms with Gasteiger partial charge in [0, 0.05) is 35.4 Å². The van der Waals surface area contributed by atoms with Gasteiger partial charge in [0.05, 0.1) is 5.01 Å². The summed E-state index contributed by atoms with van der Waals surface area (Å²) in [7, 11) is 0. The fraction of sp³-hybridized carbons (Fsp3) is 0.417. The Hall–Kier alpha value is -1.49. The third kappa shape index (κ3) is 3.49. The Morgan fingerprint density at radius 2 is 1.88 bits per heavy atom. The number of nitrogens with zero attached hydrogens (tertiary/aromatic N) is 3. The van der Waals surface area contributed by atoms with E-state index in [-0.39, 0.29) is 0 Å². The number of aryl methyl sites for hydroxylation is 3. The number of hydrogen-bond acceptors (Lipinski definition) is 5. The van der Waals surface area contributed by atoms with Crippen molar-refractivity contribution in [1.29, 1.82) is 0 Å². The van der Waals surface area contributed by atoms with Crippen LogP contribution in [-0.4, -0.2) is 21.5 Å². The van der Waals surface area contributed by atoms with Gasteiger partial charge in [0.2, 0.25) is 5.95 Å². The second-order valence-corrected chi connectivity index (χ2v) is 5.34. The van der Waals surface area contributed by atoms with Crippen LogP contribution in [0.5, 0.6) is 0 Å². The van der Waals surface area contributed by atoms with Crippen LogP contribution in [0.4, 0.5) is 5.95 Å². The number of hydrogen-bond donors (Lipinski definition) is 1. The molecule has 0 radical (unpaired) electrons. The lowest BCUT2D eigenvalue weighted by atomic mass is 10.3. The minimum absolute atomic E-state index is 0.704. The zero-order valence-electron chi connectivity index (χ0n) is 10.3. The molecule has 0 aromatic carbocycles. The van der Waals surface area contributed by atoms with Crippen molar-refractivity contribution in [2.24, 2.45) is 0 Å². The van der Waals surface area contributed by atoms with Gasteiger partial charge in [-0.15, -0.1) is 11.3 Å². The maximum absolute atomic E-state index is 4.33. The van der Waals surface area contributed by atoms with Gasteiger partial charge in [-0.25, -0.2) is 15.0 Å². The normalized spacial score (nSPS) is 10.5. The Kier molecular flexibility index (Phi) is 3.68. The van der Waals surface area contributed by atoms with Crippen molar-refractivity contribution in [2.75, 3.05) is 11.9 Å². The first-order valence-corrected chi connectivity index (χ1v) is 6.42. The molecule has 0 aliphatic rings. The first-order chi connectivity index (χ1) is 8.13. The van der Waals surface area contributed by atoms with Crippen molar-refractivity contribution in [3.8, 4) is 0 Å². The Bertz CT molecular complexity index is 487. The van der Waals surface area contributed by atoms with Gasteiger partial charge < -0.3 is 5.32 Å². The van der Waals surface area contributed by atoms with E-state index < -0.39 is 0 Å². The molecular weight excluding hydrogens is 232 g/mol. The Balaban J connectivity index is 1.89. The number of rotatable bonds is 4. The van der Waals surface area contributed by atoms with Crippen LogP contribution in [0.3, 0.4) is 0 Å². The highest BCUT2D eigenvalue weighted by atomic mass is 32.1. The fourth-order valence-corrected chi connectivity index (χ4v) is 2.39. The quantitative estimate of drug-likeness (QED) is 0.903. The van der Waals surface area contributed by atoms with Crippen LogP contribution in [0, 0.1) is 20.8 Å². The summed E-state index contributed by atoms with van der Waals surface area (Å²) in [6, 6.07) is 1.97. The molecule has 0 unspecified atom stereocenters. The van der Waals surface area contributed by atoms with Gasteiger partial charge in [-0.05, 0) is 26.8 Å². The molecular formula is C12H16N4S. The molecule has 2 heterocycles. The molecule has 2 rings (SSSR count). The molecule has 0 fully saturated rings. The first-order valence-electron chi connectivity index (χ1n) is 5.61. The summed E-state index contributed by atoms with van der Waals surface area (Å²) in [5, 5.41) is 4.38. The summed E-state index contributed by atoms with van der Waals surface area (Å²) in [5.74, 6) is 0.704. The summed E-state index contributed by atoms with van der Waals surface area (Å²) >= 11 is 1.74. The molecule has 2 aromatic rings.